The molecule has 0 saturated heterocycles. The molecule has 2 aromatic heterocycles. The topological polar surface area (TPSA) is 81.2 Å². The maximum atomic E-state index is 10.8. The van der Waals surface area contributed by atoms with E-state index in [4.69, 9.17) is 0 Å². The molecular weight excluding hydrogens is 611 g/mol. The summed E-state index contributed by atoms with van der Waals surface area (Å²) in [4.78, 5) is 0. The van der Waals surface area contributed by atoms with Crippen molar-refractivity contribution in [1.29, 1.82) is 15.8 Å². The molecule has 0 aliphatic heterocycles. The highest BCUT2D eigenvalue weighted by atomic mass is 15.0. The van der Waals surface area contributed by atoms with Crippen molar-refractivity contribution in [3.05, 3.63) is 161 Å². The van der Waals surface area contributed by atoms with Crippen LogP contribution in [0.15, 0.2) is 133 Å². The Labute approximate surface area is 289 Å². The van der Waals surface area contributed by atoms with Gasteiger partial charge in [0, 0.05) is 49.8 Å². The zero-order valence-corrected chi connectivity index (χ0v) is 26.9. The highest BCUT2D eigenvalue weighted by molar-refractivity contribution is 6.10. The summed E-state index contributed by atoms with van der Waals surface area (Å²) < 4.78 is 4.51. The summed E-state index contributed by atoms with van der Waals surface area (Å²) in [6.07, 6.45) is 6.46. The van der Waals surface area contributed by atoms with E-state index in [2.05, 4.69) is 100 Å². The normalized spacial score (nSPS) is 12.1. The van der Waals surface area contributed by atoms with Gasteiger partial charge in [0.15, 0.2) is 0 Å². The summed E-state index contributed by atoms with van der Waals surface area (Å²) in [5.41, 5.74) is 12.5. The number of hydrogen-bond acceptors (Lipinski definition) is 3. The molecule has 50 heavy (non-hydrogen) atoms. The number of rotatable bonds is 4. The van der Waals surface area contributed by atoms with E-state index in [0.717, 1.165) is 68.3 Å². The first-order valence-corrected chi connectivity index (χ1v) is 16.6. The molecule has 0 saturated carbocycles. The Morgan fingerprint density at radius 3 is 2.04 bits per heavy atom. The van der Waals surface area contributed by atoms with Crippen molar-refractivity contribution >= 4 is 38.8 Å². The van der Waals surface area contributed by atoms with Gasteiger partial charge in [-0.3, -0.25) is 0 Å². The van der Waals surface area contributed by atoms with Crippen LogP contribution in [0.1, 0.15) is 34.4 Å². The monoisotopic (exact) mass is 637 g/mol. The molecule has 2 heterocycles. The van der Waals surface area contributed by atoms with Crippen LogP contribution in [0.3, 0.4) is 0 Å². The lowest BCUT2D eigenvalue weighted by molar-refractivity contribution is 0.889. The standard InChI is InChI=1S/C45H27N5/c46-26-29-20-22-44-39(23-29)37-13-3-6-18-43(37)50(44)45-24-30(27-47)19-21-38(45)34-15-8-14-33(40(34)28-48)31-9-7-10-32(25-31)49-41-16-4-1-11-35(41)36-12-2-5-17-42(36)49/h1-4,6-16,18-25H,5,17H2. The molecule has 0 unspecified atom stereocenters. The molecule has 5 heteroatoms. The summed E-state index contributed by atoms with van der Waals surface area (Å²) in [5, 5.41) is 33.7. The first kappa shape index (κ1) is 29.0. The van der Waals surface area contributed by atoms with E-state index in [1.807, 2.05) is 66.7 Å². The van der Waals surface area contributed by atoms with Gasteiger partial charge in [0.2, 0.25) is 0 Å². The molecule has 8 aromatic rings. The second-order valence-corrected chi connectivity index (χ2v) is 12.6. The van der Waals surface area contributed by atoms with Gasteiger partial charge in [0.05, 0.1) is 51.1 Å². The summed E-state index contributed by atoms with van der Waals surface area (Å²) in [6.45, 7) is 0. The third-order valence-corrected chi connectivity index (χ3v) is 9.90. The summed E-state index contributed by atoms with van der Waals surface area (Å²) in [7, 11) is 0. The van der Waals surface area contributed by atoms with E-state index in [1.165, 1.54) is 22.2 Å². The van der Waals surface area contributed by atoms with Crippen LogP contribution >= 0.6 is 0 Å². The van der Waals surface area contributed by atoms with Crippen LogP contribution in [-0.2, 0) is 6.42 Å². The summed E-state index contributed by atoms with van der Waals surface area (Å²) in [6, 6.07) is 49.6. The number of para-hydroxylation sites is 2. The number of hydrogen-bond donors (Lipinski definition) is 0. The third kappa shape index (κ3) is 4.37. The average molecular weight is 638 g/mol. The predicted molar refractivity (Wildman–Crippen MR) is 200 cm³/mol. The molecule has 1 aliphatic rings. The maximum absolute atomic E-state index is 10.8. The van der Waals surface area contributed by atoms with E-state index in [1.54, 1.807) is 0 Å². The molecule has 6 aromatic carbocycles. The van der Waals surface area contributed by atoms with Gasteiger partial charge in [0.1, 0.15) is 6.07 Å². The lowest BCUT2D eigenvalue weighted by Gasteiger charge is -2.18. The highest BCUT2D eigenvalue weighted by Crippen LogP contribution is 2.41. The largest absolute Gasteiger partial charge is 0.313 e. The van der Waals surface area contributed by atoms with Crippen molar-refractivity contribution in [2.45, 2.75) is 12.8 Å². The van der Waals surface area contributed by atoms with Gasteiger partial charge in [-0.05, 0) is 73.0 Å². The lowest BCUT2D eigenvalue weighted by Crippen LogP contribution is -2.03. The third-order valence-electron chi connectivity index (χ3n) is 9.90. The van der Waals surface area contributed by atoms with Crippen molar-refractivity contribution in [3.63, 3.8) is 0 Å². The van der Waals surface area contributed by atoms with Crippen LogP contribution < -0.4 is 0 Å². The highest BCUT2D eigenvalue weighted by Gasteiger charge is 2.22. The van der Waals surface area contributed by atoms with Gasteiger partial charge in [-0.15, -0.1) is 0 Å². The minimum atomic E-state index is 0.516. The Morgan fingerprint density at radius 2 is 1.22 bits per heavy atom. The van der Waals surface area contributed by atoms with E-state index < -0.39 is 0 Å². The van der Waals surface area contributed by atoms with Crippen molar-refractivity contribution in [2.24, 2.45) is 0 Å². The molecule has 0 radical (unpaired) electrons. The van der Waals surface area contributed by atoms with Crippen molar-refractivity contribution in [1.82, 2.24) is 9.13 Å². The second-order valence-electron chi connectivity index (χ2n) is 12.6. The van der Waals surface area contributed by atoms with Crippen LogP contribution in [0, 0.1) is 34.0 Å². The summed E-state index contributed by atoms with van der Waals surface area (Å²) in [5.74, 6) is 0. The van der Waals surface area contributed by atoms with Crippen LogP contribution in [0.5, 0.6) is 0 Å². The van der Waals surface area contributed by atoms with Crippen LogP contribution in [0.2, 0.25) is 0 Å². The Bertz CT molecular complexity index is 2860. The van der Waals surface area contributed by atoms with Crippen molar-refractivity contribution in [2.75, 3.05) is 0 Å². The van der Waals surface area contributed by atoms with Crippen LogP contribution in [0.25, 0.3) is 72.4 Å². The number of fused-ring (bicyclic) bond motifs is 6. The molecule has 0 spiro atoms. The van der Waals surface area contributed by atoms with Crippen molar-refractivity contribution < 1.29 is 0 Å². The Kier molecular flexibility index (Phi) is 6.70. The number of nitrogens with zero attached hydrogens (tertiary/aromatic N) is 5. The smallest absolute Gasteiger partial charge is 0.100 e. The van der Waals surface area contributed by atoms with E-state index in [0.29, 0.717) is 16.7 Å². The summed E-state index contributed by atoms with van der Waals surface area (Å²) >= 11 is 0. The Morgan fingerprint density at radius 1 is 0.520 bits per heavy atom. The molecule has 0 fully saturated rings. The van der Waals surface area contributed by atoms with Gasteiger partial charge >= 0.3 is 0 Å². The molecule has 0 atom stereocenters. The first-order valence-electron chi connectivity index (χ1n) is 16.6. The number of nitriles is 3. The minimum Gasteiger partial charge on any atom is -0.313 e. The number of allylic oxidation sites excluding steroid dienone is 1. The van der Waals surface area contributed by atoms with E-state index in [9.17, 15) is 15.8 Å². The zero-order valence-electron chi connectivity index (χ0n) is 26.9. The van der Waals surface area contributed by atoms with E-state index in [-0.39, 0.29) is 0 Å². The second kappa shape index (κ2) is 11.5. The fourth-order valence-electron chi connectivity index (χ4n) is 7.73. The molecular formula is C45H27N5. The minimum absolute atomic E-state index is 0.516. The molecule has 9 rings (SSSR count). The van der Waals surface area contributed by atoms with Crippen LogP contribution in [-0.4, -0.2) is 9.13 Å². The average Bonchev–Trinajstić information content (AvgIpc) is 3.70. The molecule has 1 aliphatic carbocycles. The maximum Gasteiger partial charge on any atom is 0.100 e. The van der Waals surface area contributed by atoms with Crippen LogP contribution in [0.4, 0.5) is 0 Å². The van der Waals surface area contributed by atoms with Gasteiger partial charge in [-0.1, -0.05) is 84.9 Å². The fraction of sp³-hybridized carbons (Fsp3) is 0.0444. The van der Waals surface area contributed by atoms with Gasteiger partial charge < -0.3 is 9.13 Å². The fourth-order valence-corrected chi connectivity index (χ4v) is 7.73. The molecule has 232 valence electrons. The van der Waals surface area contributed by atoms with Gasteiger partial charge in [0.25, 0.3) is 0 Å². The Balaban J connectivity index is 1.26. The quantitative estimate of drug-likeness (QED) is 0.193. The Hall–Kier alpha value is -7.13. The zero-order chi connectivity index (χ0) is 33.8. The molecule has 0 amide bonds. The molecule has 0 bridgehead atoms. The first-order chi connectivity index (χ1) is 24.7. The number of aromatic nitrogens is 2. The SMILES string of the molecule is N#Cc1ccc(-c2cccc(-c3cccc(-n4c5c(c6ccccc64)C=CCC5)c3)c2C#N)c(-n2c3ccccc3c3cc(C#N)ccc32)c1. The van der Waals surface area contributed by atoms with Gasteiger partial charge in [-0.2, -0.15) is 15.8 Å². The number of benzene rings is 6. The van der Waals surface area contributed by atoms with Crippen molar-refractivity contribution in [3.8, 4) is 51.8 Å². The van der Waals surface area contributed by atoms with Gasteiger partial charge in [-0.25, -0.2) is 0 Å². The molecule has 0 N–H and O–H groups in total. The van der Waals surface area contributed by atoms with E-state index >= 15 is 0 Å². The predicted octanol–water partition coefficient (Wildman–Crippen LogP) is 10.6. The lowest BCUT2D eigenvalue weighted by atomic mass is 9.91. The molecule has 5 nitrogen and oxygen atoms in total.